The summed E-state index contributed by atoms with van der Waals surface area (Å²) in [6, 6.07) is 18.9. The van der Waals surface area contributed by atoms with Gasteiger partial charge in [0.1, 0.15) is 6.61 Å². The lowest BCUT2D eigenvalue weighted by atomic mass is 10.2. The number of pyridine rings is 1. The minimum atomic E-state index is -0.504. The van der Waals surface area contributed by atoms with Crippen LogP contribution in [0.25, 0.3) is 23.1 Å². The topological polar surface area (TPSA) is 116 Å². The third-order valence-corrected chi connectivity index (χ3v) is 6.97. The van der Waals surface area contributed by atoms with Gasteiger partial charge in [-0.25, -0.2) is 0 Å². The first kappa shape index (κ1) is 29.9. The highest BCUT2D eigenvalue weighted by Gasteiger charge is 2.20. The van der Waals surface area contributed by atoms with Gasteiger partial charge in [-0.05, 0) is 42.5 Å². The Hall–Kier alpha value is -4.03. The number of amides is 1. The van der Waals surface area contributed by atoms with Gasteiger partial charge in [0.05, 0.1) is 49.8 Å². The minimum absolute atomic E-state index is 0.125. The molecule has 2 N–H and O–H groups in total. The van der Waals surface area contributed by atoms with E-state index < -0.39 is 6.09 Å². The maximum absolute atomic E-state index is 12.7. The first-order chi connectivity index (χ1) is 20.1. The van der Waals surface area contributed by atoms with Gasteiger partial charge in [-0.2, -0.15) is 9.89 Å². The van der Waals surface area contributed by atoms with E-state index in [0.717, 1.165) is 26.4 Å². The Morgan fingerprint density at radius 3 is 2.51 bits per heavy atom. The molecular weight excluding hydrogens is 544 g/mol. The van der Waals surface area contributed by atoms with Crippen LogP contribution in [0.1, 0.15) is 21.7 Å². The average molecular weight is 578 g/mol. The van der Waals surface area contributed by atoms with Crippen molar-refractivity contribution in [3.63, 3.8) is 0 Å². The van der Waals surface area contributed by atoms with Crippen LogP contribution in [0.3, 0.4) is 0 Å². The van der Waals surface area contributed by atoms with E-state index in [-0.39, 0.29) is 19.1 Å². The van der Waals surface area contributed by atoms with Crippen LogP contribution < -0.4 is 9.88 Å². The Labute approximate surface area is 242 Å². The molecule has 0 aliphatic heterocycles. The Morgan fingerprint density at radius 1 is 0.951 bits per heavy atom. The average Bonchev–Trinajstić information content (AvgIpc) is 3.41. The quantitative estimate of drug-likeness (QED) is 0.169. The van der Waals surface area contributed by atoms with E-state index in [9.17, 15) is 9.59 Å². The number of ether oxygens (including phenoxy) is 4. The monoisotopic (exact) mass is 577 g/mol. The molecule has 2 heterocycles. The number of benzene rings is 2. The van der Waals surface area contributed by atoms with Crippen LogP contribution in [0.15, 0.2) is 76.7 Å². The fourth-order valence-corrected chi connectivity index (χ4v) is 4.84. The second kappa shape index (κ2) is 15.7. The summed E-state index contributed by atoms with van der Waals surface area (Å²) in [7, 11) is 3.24. The van der Waals surface area contributed by atoms with Crippen molar-refractivity contribution in [2.45, 2.75) is 9.79 Å². The minimum Gasteiger partial charge on any atom is -0.409 e. The molecule has 0 radical (unpaired) electrons. The van der Waals surface area contributed by atoms with Crippen molar-refractivity contribution in [2.75, 3.05) is 53.8 Å². The third kappa shape index (κ3) is 8.48. The van der Waals surface area contributed by atoms with Crippen LogP contribution in [0, 0.1) is 0 Å². The molecule has 0 saturated carbocycles. The second-order valence-electron chi connectivity index (χ2n) is 8.65. The molecule has 10 nitrogen and oxygen atoms in total. The summed E-state index contributed by atoms with van der Waals surface area (Å²) in [5.41, 5.74) is 2.85. The van der Waals surface area contributed by atoms with Gasteiger partial charge in [-0.3, -0.25) is 9.89 Å². The van der Waals surface area contributed by atoms with E-state index in [1.54, 1.807) is 32.5 Å². The van der Waals surface area contributed by atoms with E-state index in [1.807, 2.05) is 60.7 Å². The van der Waals surface area contributed by atoms with Crippen LogP contribution >= 0.6 is 11.8 Å². The van der Waals surface area contributed by atoms with Gasteiger partial charge in [-0.15, -0.1) is 0 Å². The Morgan fingerprint density at radius 2 is 1.71 bits per heavy atom. The van der Waals surface area contributed by atoms with Crippen LogP contribution in [-0.2, 0) is 18.9 Å². The molecule has 0 spiro atoms. The number of nitrogens with zero attached hydrogens (tertiary/aromatic N) is 2. The normalized spacial score (nSPS) is 11.3. The summed E-state index contributed by atoms with van der Waals surface area (Å²) < 4.78 is 22.5. The molecule has 2 aromatic carbocycles. The predicted octanol–water partition coefficient (Wildman–Crippen LogP) is 4.20. The van der Waals surface area contributed by atoms with Crippen molar-refractivity contribution in [3.8, 4) is 0 Å². The van der Waals surface area contributed by atoms with E-state index in [1.165, 1.54) is 16.3 Å². The van der Waals surface area contributed by atoms with E-state index in [0.29, 0.717) is 37.7 Å². The van der Waals surface area contributed by atoms with Gasteiger partial charge >= 0.3 is 6.09 Å². The molecule has 4 aromatic rings. The third-order valence-electron chi connectivity index (χ3n) is 5.91. The fourth-order valence-electron chi connectivity index (χ4n) is 3.86. The number of hydrogen-bond acceptors (Lipinski definition) is 8. The first-order valence-electron chi connectivity index (χ1n) is 13.1. The number of carbonyl (C=O) groups excluding carboxylic acids is 2. The SMILES string of the molecule is CNC(=O)c1ccccc1Sc1ccc2c(/C=C/c3cccc[n+]3C(=O)OCCOCCOCCOC)n[nH]c2c1. The van der Waals surface area contributed by atoms with Gasteiger partial charge in [0.25, 0.3) is 5.91 Å². The van der Waals surface area contributed by atoms with Crippen LogP contribution in [0.5, 0.6) is 0 Å². The zero-order chi connectivity index (χ0) is 28.9. The highest BCUT2D eigenvalue weighted by molar-refractivity contribution is 7.99. The molecule has 0 fully saturated rings. The molecule has 0 aliphatic carbocycles. The number of hydrogen-bond donors (Lipinski definition) is 2. The number of nitrogens with one attached hydrogen (secondary N) is 2. The molecule has 2 aromatic heterocycles. The second-order valence-corrected chi connectivity index (χ2v) is 9.77. The molecule has 0 atom stereocenters. The van der Waals surface area contributed by atoms with Gasteiger partial charge < -0.3 is 24.3 Å². The zero-order valence-electron chi connectivity index (χ0n) is 23.0. The number of fused-ring (bicyclic) bond motifs is 1. The number of aromatic nitrogens is 3. The molecule has 0 bridgehead atoms. The van der Waals surface area contributed by atoms with Crippen molar-refractivity contribution in [1.29, 1.82) is 0 Å². The summed E-state index contributed by atoms with van der Waals surface area (Å²) >= 11 is 1.51. The number of carbonyl (C=O) groups is 2. The zero-order valence-corrected chi connectivity index (χ0v) is 23.8. The Balaban J connectivity index is 1.37. The number of H-pyrrole nitrogens is 1. The maximum atomic E-state index is 12.7. The molecule has 0 aliphatic rings. The summed E-state index contributed by atoms with van der Waals surface area (Å²) in [5.74, 6) is -0.127. The van der Waals surface area contributed by atoms with Gasteiger partial charge in [0.15, 0.2) is 6.20 Å². The largest absolute Gasteiger partial charge is 0.602 e. The van der Waals surface area contributed by atoms with Crippen molar-refractivity contribution < 1.29 is 33.1 Å². The van der Waals surface area contributed by atoms with Crippen molar-refractivity contribution >= 4 is 46.8 Å². The van der Waals surface area contributed by atoms with Gasteiger partial charge in [0, 0.05) is 47.5 Å². The molecule has 214 valence electrons. The van der Waals surface area contributed by atoms with E-state index in [2.05, 4.69) is 15.5 Å². The number of rotatable bonds is 14. The van der Waals surface area contributed by atoms with E-state index in [4.69, 9.17) is 18.9 Å². The van der Waals surface area contributed by atoms with Crippen LogP contribution in [-0.4, -0.2) is 76.0 Å². The highest BCUT2D eigenvalue weighted by Crippen LogP contribution is 2.32. The summed E-state index contributed by atoms with van der Waals surface area (Å²) in [4.78, 5) is 26.8. The highest BCUT2D eigenvalue weighted by atomic mass is 32.2. The molecule has 0 unspecified atom stereocenters. The van der Waals surface area contributed by atoms with Gasteiger partial charge in [0.2, 0.25) is 5.69 Å². The maximum Gasteiger partial charge on any atom is 0.602 e. The first-order valence-corrected chi connectivity index (χ1v) is 13.9. The molecule has 4 rings (SSSR count). The molecule has 41 heavy (non-hydrogen) atoms. The lowest BCUT2D eigenvalue weighted by Crippen LogP contribution is -2.45. The van der Waals surface area contributed by atoms with Crippen molar-refractivity contribution in [2.24, 2.45) is 0 Å². The van der Waals surface area contributed by atoms with Gasteiger partial charge in [-0.1, -0.05) is 28.5 Å². The molecule has 11 heteroatoms. The smallest absolute Gasteiger partial charge is 0.409 e. The number of aromatic amines is 1. The Bertz CT molecular complexity index is 1490. The lowest BCUT2D eigenvalue weighted by molar-refractivity contribution is -0.588. The fraction of sp³-hybridized carbons (Fsp3) is 0.267. The summed E-state index contributed by atoms with van der Waals surface area (Å²) in [6.07, 6.45) is 4.80. The predicted molar refractivity (Wildman–Crippen MR) is 156 cm³/mol. The van der Waals surface area contributed by atoms with Crippen molar-refractivity contribution in [3.05, 3.63) is 83.8 Å². The standard InChI is InChI=1S/C30H32N4O6S/c1-31-29(35)25-8-3-4-9-28(25)41-23-11-12-24-26(32-33-27(24)21-23)13-10-22-7-5-6-14-34(22)30(36)40-20-19-39-18-17-38-16-15-37-2/h3-14,21H,15-20H2,1-2H3,(H,31,35)/p+1. The Kier molecular flexibility index (Phi) is 11.4. The number of methoxy groups -OCH3 is 1. The van der Waals surface area contributed by atoms with Crippen LogP contribution in [0.2, 0.25) is 0 Å². The lowest BCUT2D eigenvalue weighted by Gasteiger charge is -2.08. The molecule has 0 saturated heterocycles. The molecular formula is C30H33N4O6S+. The summed E-state index contributed by atoms with van der Waals surface area (Å²) in [5, 5.41) is 11.1. The van der Waals surface area contributed by atoms with E-state index >= 15 is 0 Å². The van der Waals surface area contributed by atoms with Crippen LogP contribution in [0.4, 0.5) is 4.79 Å². The molecule has 1 amide bonds. The van der Waals surface area contributed by atoms with Crippen molar-refractivity contribution in [1.82, 2.24) is 15.5 Å². The summed E-state index contributed by atoms with van der Waals surface area (Å²) in [6.45, 7) is 2.31.